The van der Waals surface area contributed by atoms with Gasteiger partial charge >= 0.3 is 0 Å². The zero-order valence-corrected chi connectivity index (χ0v) is 14.3. The zero-order valence-electron chi connectivity index (χ0n) is 9.96. The Morgan fingerprint density at radius 2 is 2.00 bits per heavy atom. The van der Waals surface area contributed by atoms with Gasteiger partial charge in [0.05, 0.1) is 14.2 Å². The molecule has 2 aromatic rings. The maximum Gasteiger partial charge on any atom is 0.271 e. The molecule has 2 aromatic carbocycles. The summed E-state index contributed by atoms with van der Waals surface area (Å²) in [6.07, 6.45) is 1.50. The third-order valence-corrected chi connectivity index (χ3v) is 3.90. The fourth-order valence-corrected chi connectivity index (χ4v) is 3.40. The lowest BCUT2D eigenvalue weighted by Gasteiger charge is -2.02. The quantitative estimate of drug-likeness (QED) is 0.300. The van der Waals surface area contributed by atoms with Crippen LogP contribution in [-0.4, -0.2) is 16.2 Å². The minimum absolute atomic E-state index is 0.0129. The van der Waals surface area contributed by atoms with Gasteiger partial charge in [-0.05, 0) is 63.4 Å². The van der Waals surface area contributed by atoms with Crippen molar-refractivity contribution in [1.82, 2.24) is 0 Å². The van der Waals surface area contributed by atoms with Crippen LogP contribution in [0.5, 0.6) is 5.75 Å². The number of aromatic hydroxyl groups is 1. The molecule has 0 spiro atoms. The molecule has 0 aromatic heterocycles. The lowest BCUT2D eigenvalue weighted by molar-refractivity contribution is -0.384. The minimum atomic E-state index is -0.467. The van der Waals surface area contributed by atoms with Crippen molar-refractivity contribution in [3.05, 3.63) is 59.2 Å². The van der Waals surface area contributed by atoms with Crippen LogP contribution in [0.1, 0.15) is 5.56 Å². The van der Waals surface area contributed by atoms with Crippen LogP contribution in [0.2, 0.25) is 0 Å². The van der Waals surface area contributed by atoms with Crippen molar-refractivity contribution in [1.29, 1.82) is 0 Å². The molecule has 0 fully saturated rings. The number of phenols is 1. The first-order chi connectivity index (χ1) is 9.47. The van der Waals surface area contributed by atoms with Gasteiger partial charge in [0.25, 0.3) is 5.69 Å². The molecule has 0 unspecified atom stereocenters. The van der Waals surface area contributed by atoms with E-state index in [9.17, 15) is 15.2 Å². The summed E-state index contributed by atoms with van der Waals surface area (Å²) >= 11 is 4.19. The molecule has 0 saturated heterocycles. The molecular weight excluding hydrogens is 486 g/mol. The molecule has 0 atom stereocenters. The third-order valence-electron chi connectivity index (χ3n) is 2.45. The van der Waals surface area contributed by atoms with Crippen LogP contribution in [0.15, 0.2) is 41.4 Å². The van der Waals surface area contributed by atoms with Crippen molar-refractivity contribution in [2.24, 2.45) is 4.99 Å². The van der Waals surface area contributed by atoms with E-state index in [1.165, 1.54) is 18.3 Å². The zero-order chi connectivity index (χ0) is 14.7. The van der Waals surface area contributed by atoms with Gasteiger partial charge in [0, 0.05) is 27.5 Å². The number of nitro groups is 1. The summed E-state index contributed by atoms with van der Waals surface area (Å²) in [6, 6.07) is 9.67. The van der Waals surface area contributed by atoms with Gasteiger partial charge in [0.2, 0.25) is 0 Å². The highest BCUT2D eigenvalue weighted by atomic mass is 127. The number of hydrogen-bond donors (Lipinski definition) is 1. The standard InChI is InChI=1S/C13H8I2N2O3/c14-9-4-8(13(18)12(15)5-9)7-16-10-2-1-3-11(6-10)17(19)20/h1-7,18H. The van der Waals surface area contributed by atoms with Crippen LogP contribution in [0.4, 0.5) is 11.4 Å². The van der Waals surface area contributed by atoms with Crippen molar-refractivity contribution >= 4 is 62.8 Å². The maximum atomic E-state index is 10.7. The smallest absolute Gasteiger partial charge is 0.271 e. The van der Waals surface area contributed by atoms with Crippen LogP contribution in [-0.2, 0) is 0 Å². The number of nitro benzene ring substituents is 1. The predicted molar refractivity (Wildman–Crippen MR) is 93.9 cm³/mol. The fraction of sp³-hybridized carbons (Fsp3) is 0. The topological polar surface area (TPSA) is 75.7 Å². The Hall–Kier alpha value is -1.23. The van der Waals surface area contributed by atoms with Crippen LogP contribution in [0, 0.1) is 17.3 Å². The van der Waals surface area contributed by atoms with Crippen molar-refractivity contribution < 1.29 is 10.0 Å². The van der Waals surface area contributed by atoms with E-state index in [1.807, 2.05) is 28.7 Å². The molecule has 1 N–H and O–H groups in total. The van der Waals surface area contributed by atoms with Gasteiger partial charge in [0.15, 0.2) is 0 Å². The summed E-state index contributed by atoms with van der Waals surface area (Å²) in [5.74, 6) is 0.153. The van der Waals surface area contributed by atoms with E-state index < -0.39 is 4.92 Å². The van der Waals surface area contributed by atoms with Gasteiger partial charge in [-0.25, -0.2) is 0 Å². The maximum absolute atomic E-state index is 10.7. The van der Waals surface area contributed by atoms with Crippen molar-refractivity contribution in [3.63, 3.8) is 0 Å². The van der Waals surface area contributed by atoms with Gasteiger partial charge in [-0.1, -0.05) is 6.07 Å². The monoisotopic (exact) mass is 494 g/mol. The number of hydrogen-bond acceptors (Lipinski definition) is 4. The number of nitrogens with zero attached hydrogens (tertiary/aromatic N) is 2. The summed E-state index contributed by atoms with van der Waals surface area (Å²) in [5.41, 5.74) is 1.03. The second-order valence-electron chi connectivity index (χ2n) is 3.86. The summed E-state index contributed by atoms with van der Waals surface area (Å²) in [6.45, 7) is 0. The molecule has 0 bridgehead atoms. The van der Waals surface area contributed by atoms with E-state index in [1.54, 1.807) is 18.2 Å². The van der Waals surface area contributed by atoms with Crippen LogP contribution in [0.3, 0.4) is 0 Å². The van der Waals surface area contributed by atoms with E-state index in [2.05, 4.69) is 27.6 Å². The molecule has 0 aliphatic heterocycles. The molecule has 5 nitrogen and oxygen atoms in total. The number of non-ortho nitro benzene ring substituents is 1. The molecule has 0 aliphatic carbocycles. The number of rotatable bonds is 3. The van der Waals surface area contributed by atoms with Crippen molar-refractivity contribution in [2.45, 2.75) is 0 Å². The number of halogens is 2. The Labute approximate surface area is 142 Å². The molecular formula is C13H8I2N2O3. The van der Waals surface area contributed by atoms with Crippen LogP contribution in [0.25, 0.3) is 0 Å². The Bertz CT molecular complexity index is 702. The summed E-state index contributed by atoms with van der Waals surface area (Å²) in [4.78, 5) is 14.4. The second kappa shape index (κ2) is 6.48. The molecule has 7 heteroatoms. The van der Waals surface area contributed by atoms with E-state index in [4.69, 9.17) is 0 Å². The Kier molecular flexibility index (Phi) is 4.91. The highest BCUT2D eigenvalue weighted by Crippen LogP contribution is 2.26. The highest BCUT2D eigenvalue weighted by Gasteiger charge is 2.07. The first kappa shape index (κ1) is 15.2. The highest BCUT2D eigenvalue weighted by molar-refractivity contribution is 14.1. The predicted octanol–water partition coefficient (Wildman–Crippen LogP) is 4.26. The summed E-state index contributed by atoms with van der Waals surface area (Å²) < 4.78 is 1.71. The average Bonchev–Trinajstić information content (AvgIpc) is 2.41. The van der Waals surface area contributed by atoms with Crippen LogP contribution >= 0.6 is 45.2 Å². The lowest BCUT2D eigenvalue weighted by atomic mass is 10.2. The first-order valence-corrected chi connectivity index (χ1v) is 7.59. The van der Waals surface area contributed by atoms with Crippen molar-refractivity contribution in [2.75, 3.05) is 0 Å². The third kappa shape index (κ3) is 3.66. The minimum Gasteiger partial charge on any atom is -0.506 e. The van der Waals surface area contributed by atoms with Gasteiger partial charge in [-0.3, -0.25) is 15.1 Å². The van der Waals surface area contributed by atoms with Crippen molar-refractivity contribution in [3.8, 4) is 5.75 Å². The number of phenolic OH excluding ortho intramolecular Hbond substituents is 1. The van der Waals surface area contributed by atoms with E-state index in [0.29, 0.717) is 11.3 Å². The molecule has 0 saturated carbocycles. The fourth-order valence-electron chi connectivity index (χ4n) is 1.52. The molecule has 0 radical (unpaired) electrons. The summed E-state index contributed by atoms with van der Waals surface area (Å²) in [5, 5.41) is 20.6. The Morgan fingerprint density at radius 3 is 2.70 bits per heavy atom. The molecule has 0 amide bonds. The van der Waals surface area contributed by atoms with Gasteiger partial charge in [-0.15, -0.1) is 0 Å². The number of benzene rings is 2. The van der Waals surface area contributed by atoms with Gasteiger partial charge < -0.3 is 5.11 Å². The Morgan fingerprint density at radius 1 is 1.25 bits per heavy atom. The van der Waals surface area contributed by atoms with E-state index >= 15 is 0 Å². The van der Waals surface area contributed by atoms with Gasteiger partial charge in [0.1, 0.15) is 5.75 Å². The summed E-state index contributed by atoms with van der Waals surface area (Å²) in [7, 11) is 0. The molecule has 20 heavy (non-hydrogen) atoms. The molecule has 0 aliphatic rings. The van der Waals surface area contributed by atoms with Gasteiger partial charge in [-0.2, -0.15) is 0 Å². The van der Waals surface area contributed by atoms with E-state index in [-0.39, 0.29) is 11.4 Å². The SMILES string of the molecule is O=[N+]([O-])c1cccc(N=Cc2cc(I)cc(I)c2O)c1. The lowest BCUT2D eigenvalue weighted by Crippen LogP contribution is -1.88. The van der Waals surface area contributed by atoms with Crippen LogP contribution < -0.4 is 0 Å². The first-order valence-electron chi connectivity index (χ1n) is 5.44. The molecule has 2 rings (SSSR count). The molecule has 102 valence electrons. The second-order valence-corrected chi connectivity index (χ2v) is 6.27. The number of aliphatic imine (C=N–C) groups is 1. The largest absolute Gasteiger partial charge is 0.506 e. The molecule has 0 heterocycles. The normalized spacial score (nSPS) is 10.9. The average molecular weight is 494 g/mol. The van der Waals surface area contributed by atoms with E-state index in [0.717, 1.165) is 7.14 Å². The Balaban J connectivity index is 2.34.